The Hall–Kier alpha value is -2.75. The zero-order valence-electron chi connectivity index (χ0n) is 19.9. The minimum atomic E-state index is -3.49. The fourth-order valence-electron chi connectivity index (χ4n) is 3.82. The lowest BCUT2D eigenvalue weighted by molar-refractivity contribution is -0.124. The Morgan fingerprint density at radius 2 is 1.71 bits per heavy atom. The highest BCUT2D eigenvalue weighted by Gasteiger charge is 2.27. The predicted octanol–water partition coefficient (Wildman–Crippen LogP) is 2.23. The standard InChI is InChI=1S/C25H33N3O5S/c1-18(2)23(27-24(29)20-10-6-7-19(3)15-20)25(30)26-16-21-8-4-5-9-22(21)17-34(31,32)28-11-13-33-14-12-28/h4-10,15,18,23H,11-14,16-17H2,1-3H3,(H,26,30)(H,27,29)/t23-/m1/s1. The van der Waals surface area contributed by atoms with Gasteiger partial charge in [-0.1, -0.05) is 55.8 Å². The molecule has 2 amide bonds. The number of aryl methyl sites for hydroxylation is 1. The van der Waals surface area contributed by atoms with Gasteiger partial charge in [-0.05, 0) is 36.1 Å². The van der Waals surface area contributed by atoms with Gasteiger partial charge in [-0.25, -0.2) is 8.42 Å². The number of rotatable bonds is 9. The van der Waals surface area contributed by atoms with Gasteiger partial charge in [0.1, 0.15) is 6.04 Å². The van der Waals surface area contributed by atoms with Crippen LogP contribution in [0.15, 0.2) is 48.5 Å². The van der Waals surface area contributed by atoms with E-state index >= 15 is 0 Å². The summed E-state index contributed by atoms with van der Waals surface area (Å²) < 4.78 is 32.4. The van der Waals surface area contributed by atoms with E-state index in [-0.39, 0.29) is 30.0 Å². The molecule has 1 aliphatic heterocycles. The summed E-state index contributed by atoms with van der Waals surface area (Å²) in [5.41, 5.74) is 2.82. The molecule has 1 heterocycles. The second-order valence-electron chi connectivity index (χ2n) is 8.82. The third-order valence-electron chi connectivity index (χ3n) is 5.79. The van der Waals surface area contributed by atoms with Crippen molar-refractivity contribution in [1.29, 1.82) is 0 Å². The van der Waals surface area contributed by atoms with Crippen molar-refractivity contribution in [3.05, 3.63) is 70.8 Å². The van der Waals surface area contributed by atoms with E-state index in [0.717, 1.165) is 11.1 Å². The number of amides is 2. The number of carbonyl (C=O) groups excluding carboxylic acids is 2. The van der Waals surface area contributed by atoms with Gasteiger partial charge in [0.15, 0.2) is 0 Å². The smallest absolute Gasteiger partial charge is 0.251 e. The summed E-state index contributed by atoms with van der Waals surface area (Å²) in [7, 11) is -3.49. The van der Waals surface area contributed by atoms with Crippen molar-refractivity contribution >= 4 is 21.8 Å². The zero-order chi connectivity index (χ0) is 24.7. The summed E-state index contributed by atoms with van der Waals surface area (Å²) in [6, 6.07) is 13.6. The number of ether oxygens (including phenoxy) is 1. The molecule has 0 radical (unpaired) electrons. The predicted molar refractivity (Wildman–Crippen MR) is 131 cm³/mol. The van der Waals surface area contributed by atoms with E-state index in [2.05, 4.69) is 10.6 Å². The van der Waals surface area contributed by atoms with Crippen LogP contribution in [0.25, 0.3) is 0 Å². The largest absolute Gasteiger partial charge is 0.379 e. The molecule has 0 bridgehead atoms. The van der Waals surface area contributed by atoms with E-state index in [1.807, 2.05) is 32.9 Å². The topological polar surface area (TPSA) is 105 Å². The van der Waals surface area contributed by atoms with E-state index < -0.39 is 16.1 Å². The molecule has 34 heavy (non-hydrogen) atoms. The van der Waals surface area contributed by atoms with Gasteiger partial charge in [-0.2, -0.15) is 4.31 Å². The average Bonchev–Trinajstić information content (AvgIpc) is 2.81. The lowest BCUT2D eigenvalue weighted by Crippen LogP contribution is -2.49. The molecule has 1 fully saturated rings. The van der Waals surface area contributed by atoms with Gasteiger partial charge in [0.2, 0.25) is 15.9 Å². The van der Waals surface area contributed by atoms with Crippen LogP contribution in [0, 0.1) is 12.8 Å². The van der Waals surface area contributed by atoms with Gasteiger partial charge in [0, 0.05) is 25.2 Å². The molecule has 184 valence electrons. The van der Waals surface area contributed by atoms with Gasteiger partial charge in [-0.15, -0.1) is 0 Å². The summed E-state index contributed by atoms with van der Waals surface area (Å²) in [5, 5.41) is 5.70. The summed E-state index contributed by atoms with van der Waals surface area (Å²) in [6.07, 6.45) is 0. The van der Waals surface area contributed by atoms with Gasteiger partial charge in [0.25, 0.3) is 5.91 Å². The van der Waals surface area contributed by atoms with Crippen molar-refractivity contribution in [3.8, 4) is 0 Å². The van der Waals surface area contributed by atoms with Crippen molar-refractivity contribution in [2.75, 3.05) is 26.3 Å². The quantitative estimate of drug-likeness (QED) is 0.564. The van der Waals surface area contributed by atoms with E-state index in [4.69, 9.17) is 4.74 Å². The molecule has 1 saturated heterocycles. The van der Waals surface area contributed by atoms with Crippen LogP contribution in [0.2, 0.25) is 0 Å². The lowest BCUT2D eigenvalue weighted by atomic mass is 10.0. The second kappa shape index (κ2) is 11.6. The molecule has 9 heteroatoms. The molecule has 0 unspecified atom stereocenters. The van der Waals surface area contributed by atoms with Gasteiger partial charge >= 0.3 is 0 Å². The first kappa shape index (κ1) is 25.9. The fraction of sp³-hybridized carbons (Fsp3) is 0.440. The minimum absolute atomic E-state index is 0.134. The van der Waals surface area contributed by atoms with Crippen molar-refractivity contribution in [2.24, 2.45) is 5.92 Å². The molecule has 1 aliphatic rings. The Kier molecular flexibility index (Phi) is 8.82. The average molecular weight is 488 g/mol. The molecule has 3 rings (SSSR count). The first-order valence-corrected chi connectivity index (χ1v) is 13.1. The Bertz CT molecular complexity index is 1110. The van der Waals surface area contributed by atoms with Crippen LogP contribution in [0.5, 0.6) is 0 Å². The van der Waals surface area contributed by atoms with Crippen LogP contribution < -0.4 is 10.6 Å². The van der Waals surface area contributed by atoms with Gasteiger partial charge < -0.3 is 15.4 Å². The Balaban J connectivity index is 1.66. The number of sulfonamides is 1. The van der Waals surface area contributed by atoms with Crippen molar-refractivity contribution in [2.45, 2.75) is 39.1 Å². The maximum absolute atomic E-state index is 13.0. The second-order valence-corrected chi connectivity index (χ2v) is 10.8. The molecule has 8 nitrogen and oxygen atoms in total. The first-order chi connectivity index (χ1) is 16.2. The molecule has 0 spiro atoms. The normalized spacial score (nSPS) is 15.6. The minimum Gasteiger partial charge on any atom is -0.379 e. The van der Waals surface area contributed by atoms with Crippen LogP contribution >= 0.6 is 0 Å². The maximum atomic E-state index is 13.0. The molecular weight excluding hydrogens is 454 g/mol. The molecule has 1 atom stereocenters. The monoisotopic (exact) mass is 487 g/mol. The third kappa shape index (κ3) is 6.88. The van der Waals surface area contributed by atoms with Gasteiger partial charge in [-0.3, -0.25) is 9.59 Å². The molecule has 2 aromatic rings. The highest BCUT2D eigenvalue weighted by molar-refractivity contribution is 7.88. The molecular formula is C25H33N3O5S. The molecule has 0 saturated carbocycles. The summed E-state index contributed by atoms with van der Waals surface area (Å²) >= 11 is 0. The Morgan fingerprint density at radius 3 is 2.35 bits per heavy atom. The highest BCUT2D eigenvalue weighted by atomic mass is 32.2. The summed E-state index contributed by atoms with van der Waals surface area (Å²) in [4.78, 5) is 25.6. The van der Waals surface area contributed by atoms with Crippen LogP contribution in [0.3, 0.4) is 0 Å². The van der Waals surface area contributed by atoms with Crippen LogP contribution in [-0.2, 0) is 31.9 Å². The van der Waals surface area contributed by atoms with Gasteiger partial charge in [0.05, 0.1) is 19.0 Å². The van der Waals surface area contributed by atoms with E-state index in [1.165, 1.54) is 4.31 Å². The molecule has 0 aromatic heterocycles. The van der Waals surface area contributed by atoms with Crippen molar-refractivity contribution < 1.29 is 22.7 Å². The lowest BCUT2D eigenvalue weighted by Gasteiger charge is -2.26. The van der Waals surface area contributed by atoms with E-state index in [0.29, 0.717) is 37.4 Å². The maximum Gasteiger partial charge on any atom is 0.251 e. The number of morpholine rings is 1. The van der Waals surface area contributed by atoms with Crippen LogP contribution in [0.1, 0.15) is 40.9 Å². The molecule has 2 N–H and O–H groups in total. The highest BCUT2D eigenvalue weighted by Crippen LogP contribution is 2.17. The number of benzene rings is 2. The van der Waals surface area contributed by atoms with Crippen molar-refractivity contribution in [1.82, 2.24) is 14.9 Å². The Morgan fingerprint density at radius 1 is 1.03 bits per heavy atom. The molecule has 0 aliphatic carbocycles. The number of nitrogens with one attached hydrogen (secondary N) is 2. The van der Waals surface area contributed by atoms with Crippen LogP contribution in [0.4, 0.5) is 0 Å². The fourth-order valence-corrected chi connectivity index (χ4v) is 5.38. The summed E-state index contributed by atoms with van der Waals surface area (Å²) in [5.74, 6) is -0.904. The van der Waals surface area contributed by atoms with E-state index in [1.54, 1.807) is 36.4 Å². The number of nitrogens with zero attached hydrogens (tertiary/aromatic N) is 1. The first-order valence-electron chi connectivity index (χ1n) is 11.4. The van der Waals surface area contributed by atoms with Crippen LogP contribution in [-0.4, -0.2) is 56.9 Å². The SMILES string of the molecule is Cc1cccc(C(=O)N[C@@H](C(=O)NCc2ccccc2CS(=O)(=O)N2CCOCC2)C(C)C)c1. The number of hydrogen-bond acceptors (Lipinski definition) is 5. The third-order valence-corrected chi connectivity index (χ3v) is 7.62. The number of hydrogen-bond donors (Lipinski definition) is 2. The van der Waals surface area contributed by atoms with E-state index in [9.17, 15) is 18.0 Å². The summed E-state index contributed by atoms with van der Waals surface area (Å²) in [6.45, 7) is 7.27. The molecule has 2 aromatic carbocycles. The Labute approximate surface area is 201 Å². The zero-order valence-corrected chi connectivity index (χ0v) is 20.7. The van der Waals surface area contributed by atoms with Crippen molar-refractivity contribution in [3.63, 3.8) is 0 Å². The number of carbonyl (C=O) groups is 2.